The van der Waals surface area contributed by atoms with Crippen LogP contribution in [0, 0.1) is 0 Å². The van der Waals surface area contributed by atoms with Crippen molar-refractivity contribution in [1.29, 1.82) is 0 Å². The average molecular weight is 157 g/mol. The molecule has 1 aliphatic heterocycles. The Labute approximate surface area is 61.8 Å². The number of hydrogen-bond donors (Lipinski definition) is 1. The van der Waals surface area contributed by atoms with Crippen molar-refractivity contribution in [2.75, 3.05) is 0 Å². The van der Waals surface area contributed by atoms with E-state index < -0.39 is 11.3 Å². The van der Waals surface area contributed by atoms with Gasteiger partial charge in [-0.1, -0.05) is 6.58 Å². The Morgan fingerprint density at radius 1 is 1.50 bits per heavy atom. The van der Waals surface area contributed by atoms with Gasteiger partial charge in [0.2, 0.25) is 0 Å². The van der Waals surface area contributed by atoms with E-state index in [0.29, 0.717) is 0 Å². The van der Waals surface area contributed by atoms with Crippen molar-refractivity contribution in [3.8, 4) is 0 Å². The van der Waals surface area contributed by atoms with Gasteiger partial charge in [-0.2, -0.15) is 0 Å². The van der Waals surface area contributed by atoms with Gasteiger partial charge in [0.05, 0.1) is 0 Å². The van der Waals surface area contributed by atoms with Gasteiger partial charge in [0.15, 0.2) is 0 Å². The molecule has 0 amide bonds. The van der Waals surface area contributed by atoms with E-state index in [9.17, 15) is 4.21 Å². The van der Waals surface area contributed by atoms with Crippen molar-refractivity contribution in [2.45, 2.75) is 0 Å². The molecule has 0 aromatic heterocycles. The van der Waals surface area contributed by atoms with Crippen molar-refractivity contribution in [3.05, 3.63) is 36.7 Å². The van der Waals surface area contributed by atoms with Gasteiger partial charge in [-0.05, 0) is 17.7 Å². The molecule has 0 spiro atoms. The van der Waals surface area contributed by atoms with Crippen molar-refractivity contribution in [1.82, 2.24) is 4.31 Å². The molecule has 10 heavy (non-hydrogen) atoms. The molecule has 1 aliphatic rings. The average Bonchev–Trinajstić information content (AvgIpc) is 1.88. The molecule has 0 aromatic rings. The number of rotatable bonds is 1. The molecule has 1 unspecified atom stereocenters. The van der Waals surface area contributed by atoms with Gasteiger partial charge in [-0.3, -0.25) is 8.86 Å². The maximum atomic E-state index is 10.4. The fraction of sp³-hybridized carbons (Fsp3) is 0. The highest BCUT2D eigenvalue weighted by atomic mass is 32.2. The van der Waals surface area contributed by atoms with Crippen LogP contribution in [0.15, 0.2) is 36.7 Å². The van der Waals surface area contributed by atoms with E-state index in [1.807, 2.05) is 0 Å². The van der Waals surface area contributed by atoms with Gasteiger partial charge in [0.1, 0.15) is 0 Å². The molecule has 3 nitrogen and oxygen atoms in total. The third-order valence-electron chi connectivity index (χ3n) is 1.05. The highest BCUT2D eigenvalue weighted by Gasteiger charge is 2.02. The predicted molar refractivity (Wildman–Crippen MR) is 40.0 cm³/mol. The molecule has 1 rings (SSSR count). The number of hydrogen-bond acceptors (Lipinski definition) is 1. The van der Waals surface area contributed by atoms with Crippen molar-refractivity contribution >= 4 is 11.3 Å². The lowest BCUT2D eigenvalue weighted by atomic mass is 10.3. The molecule has 54 valence electrons. The van der Waals surface area contributed by atoms with E-state index in [4.69, 9.17) is 4.55 Å². The van der Waals surface area contributed by atoms with Gasteiger partial charge in [-0.15, -0.1) is 0 Å². The first-order chi connectivity index (χ1) is 4.70. The minimum Gasteiger partial charge on any atom is -0.289 e. The molecule has 0 saturated heterocycles. The maximum Gasteiger partial charge on any atom is 0.265 e. The molecule has 0 radical (unpaired) electrons. The van der Waals surface area contributed by atoms with Crippen LogP contribution in [0.2, 0.25) is 0 Å². The first kappa shape index (κ1) is 7.24. The molecule has 0 fully saturated rings. The van der Waals surface area contributed by atoms with Crippen LogP contribution in [-0.4, -0.2) is 13.1 Å². The molecule has 0 saturated carbocycles. The molecule has 1 N–H and O–H groups in total. The van der Waals surface area contributed by atoms with Crippen LogP contribution < -0.4 is 0 Å². The fourth-order valence-electron chi connectivity index (χ4n) is 0.548. The standard InChI is InChI=1S/C6H7NO2S/c1-6-2-4-7(5-3-6)10(8)9/h2-5H,1H2,(H,8,9). The first-order valence-corrected chi connectivity index (χ1v) is 3.71. The maximum absolute atomic E-state index is 10.4. The van der Waals surface area contributed by atoms with Crippen LogP contribution in [0.5, 0.6) is 0 Å². The van der Waals surface area contributed by atoms with E-state index in [2.05, 4.69) is 6.58 Å². The van der Waals surface area contributed by atoms with Gasteiger partial charge in [0.25, 0.3) is 11.3 Å². The SMILES string of the molecule is C=C1C=CN(S(=O)O)C=C1. The van der Waals surface area contributed by atoms with Crippen LogP contribution in [0.3, 0.4) is 0 Å². The van der Waals surface area contributed by atoms with Crippen LogP contribution in [0.1, 0.15) is 0 Å². The summed E-state index contributed by atoms with van der Waals surface area (Å²) in [4.78, 5) is 0. The summed E-state index contributed by atoms with van der Waals surface area (Å²) in [7, 11) is 0. The minimum atomic E-state index is -1.95. The minimum absolute atomic E-state index is 0.821. The molecule has 0 aliphatic carbocycles. The van der Waals surface area contributed by atoms with E-state index in [1.165, 1.54) is 16.7 Å². The van der Waals surface area contributed by atoms with Crippen LogP contribution >= 0.6 is 0 Å². The summed E-state index contributed by atoms with van der Waals surface area (Å²) in [5.41, 5.74) is 0.821. The zero-order valence-electron chi connectivity index (χ0n) is 5.23. The fourth-order valence-corrected chi connectivity index (χ4v) is 0.878. The van der Waals surface area contributed by atoms with Gasteiger partial charge < -0.3 is 0 Å². The van der Waals surface area contributed by atoms with Crippen molar-refractivity contribution < 1.29 is 8.76 Å². The lowest BCUT2D eigenvalue weighted by Crippen LogP contribution is -2.13. The summed E-state index contributed by atoms with van der Waals surface area (Å²) in [5.74, 6) is 0. The summed E-state index contributed by atoms with van der Waals surface area (Å²) in [6.07, 6.45) is 6.32. The Morgan fingerprint density at radius 3 is 2.40 bits per heavy atom. The number of allylic oxidation sites excluding steroid dienone is 3. The van der Waals surface area contributed by atoms with E-state index in [1.54, 1.807) is 12.2 Å². The Balaban J connectivity index is 2.71. The second-order valence-corrected chi connectivity index (χ2v) is 2.68. The molecular weight excluding hydrogens is 150 g/mol. The molecule has 0 aromatic carbocycles. The summed E-state index contributed by atoms with van der Waals surface area (Å²) < 4.78 is 20.1. The smallest absolute Gasteiger partial charge is 0.265 e. The second-order valence-electron chi connectivity index (χ2n) is 1.80. The third-order valence-corrected chi connectivity index (χ3v) is 1.66. The molecule has 4 heteroatoms. The Hall–Kier alpha value is -0.870. The Kier molecular flexibility index (Phi) is 2.03. The zero-order chi connectivity index (χ0) is 7.56. The third kappa shape index (κ3) is 1.55. The van der Waals surface area contributed by atoms with E-state index >= 15 is 0 Å². The summed E-state index contributed by atoms with van der Waals surface area (Å²) in [5, 5.41) is 0. The van der Waals surface area contributed by atoms with Gasteiger partial charge >= 0.3 is 0 Å². The zero-order valence-corrected chi connectivity index (χ0v) is 6.04. The lowest BCUT2D eigenvalue weighted by molar-refractivity contribution is 0.519. The van der Waals surface area contributed by atoms with Crippen molar-refractivity contribution in [3.63, 3.8) is 0 Å². The molecular formula is C6H7NO2S. The largest absolute Gasteiger partial charge is 0.289 e. The Morgan fingerprint density at radius 2 is 2.00 bits per heavy atom. The summed E-state index contributed by atoms with van der Waals surface area (Å²) in [6.45, 7) is 3.63. The van der Waals surface area contributed by atoms with Crippen molar-refractivity contribution in [2.24, 2.45) is 0 Å². The van der Waals surface area contributed by atoms with Crippen LogP contribution in [0.25, 0.3) is 0 Å². The Bertz CT molecular complexity index is 216. The van der Waals surface area contributed by atoms with E-state index in [0.717, 1.165) is 5.57 Å². The van der Waals surface area contributed by atoms with Gasteiger partial charge in [-0.25, -0.2) is 4.21 Å². The quantitative estimate of drug-likeness (QED) is 0.577. The monoisotopic (exact) mass is 157 g/mol. The number of nitrogens with zero attached hydrogens (tertiary/aromatic N) is 1. The second kappa shape index (κ2) is 2.81. The van der Waals surface area contributed by atoms with E-state index in [-0.39, 0.29) is 0 Å². The molecule has 1 atom stereocenters. The topological polar surface area (TPSA) is 40.5 Å². The lowest BCUT2D eigenvalue weighted by Gasteiger charge is -2.11. The first-order valence-electron chi connectivity index (χ1n) is 2.65. The highest BCUT2D eigenvalue weighted by molar-refractivity contribution is 7.76. The normalized spacial score (nSPS) is 19.7. The molecule has 1 heterocycles. The highest BCUT2D eigenvalue weighted by Crippen LogP contribution is 2.07. The molecule has 0 bridgehead atoms. The predicted octanol–water partition coefficient (Wildman–Crippen LogP) is 1.02. The summed E-state index contributed by atoms with van der Waals surface area (Å²) in [6, 6.07) is 0. The van der Waals surface area contributed by atoms with Crippen LogP contribution in [-0.2, 0) is 11.3 Å². The van der Waals surface area contributed by atoms with Gasteiger partial charge in [0, 0.05) is 12.4 Å². The summed E-state index contributed by atoms with van der Waals surface area (Å²) >= 11 is -1.95. The van der Waals surface area contributed by atoms with Crippen LogP contribution in [0.4, 0.5) is 0 Å².